The van der Waals surface area contributed by atoms with Crippen LogP contribution in [-0.4, -0.2) is 50.9 Å². The number of amides is 2. The smallest absolute Gasteiger partial charge is 0.305 e. The molecule has 0 saturated carbocycles. The number of carbonyl (C=O) groups is 4. The molecule has 0 radical (unpaired) electrons. The Kier molecular flexibility index (Phi) is 8.12. The predicted octanol–water partition coefficient (Wildman–Crippen LogP) is 0.945. The lowest BCUT2D eigenvalue weighted by atomic mass is 10.1. The maximum absolute atomic E-state index is 12.8. The molecule has 10 nitrogen and oxygen atoms in total. The number of aromatic nitrogens is 2. The zero-order valence-corrected chi connectivity index (χ0v) is 16.6. The van der Waals surface area contributed by atoms with Crippen LogP contribution < -0.4 is 16.2 Å². The number of hydrogen-bond donors (Lipinski definition) is 3. The lowest BCUT2D eigenvalue weighted by Gasteiger charge is -2.22. The normalized spacial score (nSPS) is 12.5. The molecule has 11 heteroatoms. The van der Waals surface area contributed by atoms with Gasteiger partial charge in [0.2, 0.25) is 5.91 Å². The quantitative estimate of drug-likeness (QED) is 0.506. The number of ketones is 1. The van der Waals surface area contributed by atoms with Crippen LogP contribution in [0.15, 0.2) is 47.5 Å². The number of Topliss-reactive ketones (excluding diaryl/α,β-unsaturated/α-hetero) is 1. The summed E-state index contributed by atoms with van der Waals surface area (Å²) in [5, 5.41) is 13.5. The van der Waals surface area contributed by atoms with Gasteiger partial charge in [0.1, 0.15) is 30.1 Å². The van der Waals surface area contributed by atoms with E-state index in [-0.39, 0.29) is 17.8 Å². The van der Waals surface area contributed by atoms with E-state index in [2.05, 4.69) is 15.6 Å². The second kappa shape index (κ2) is 10.8. The van der Waals surface area contributed by atoms with Crippen molar-refractivity contribution >= 4 is 29.3 Å². The Morgan fingerprint density at radius 3 is 2.52 bits per heavy atom. The van der Waals surface area contributed by atoms with E-state index in [1.807, 2.05) is 0 Å². The summed E-state index contributed by atoms with van der Waals surface area (Å²) in [5.41, 5.74) is -0.713. The molecule has 3 N–H and O–H groups in total. The van der Waals surface area contributed by atoms with Gasteiger partial charge in [0.15, 0.2) is 5.78 Å². The van der Waals surface area contributed by atoms with Gasteiger partial charge in [0.05, 0.1) is 6.42 Å². The van der Waals surface area contributed by atoms with Crippen LogP contribution in [0.5, 0.6) is 0 Å². The monoisotopic (exact) mass is 432 g/mol. The van der Waals surface area contributed by atoms with Crippen LogP contribution in [0, 0.1) is 0 Å². The molecule has 0 fully saturated rings. The molecular formula is C20H21FN4O6. The summed E-state index contributed by atoms with van der Waals surface area (Å²) in [5.74, 6) is -3.93. The number of hydrogen-bond acceptors (Lipinski definition) is 6. The molecule has 2 amide bonds. The molecular weight excluding hydrogens is 411 g/mol. The third-order valence-electron chi connectivity index (χ3n) is 4.36. The number of alkyl halides is 1. The summed E-state index contributed by atoms with van der Waals surface area (Å²) >= 11 is 0. The molecule has 0 aliphatic carbocycles. The Morgan fingerprint density at radius 2 is 1.94 bits per heavy atom. The van der Waals surface area contributed by atoms with Gasteiger partial charge in [-0.25, -0.2) is 4.39 Å². The van der Waals surface area contributed by atoms with E-state index >= 15 is 0 Å². The second-order valence-corrected chi connectivity index (χ2v) is 6.49. The maximum atomic E-state index is 12.8. The summed E-state index contributed by atoms with van der Waals surface area (Å²) < 4.78 is 13.8. The molecule has 2 aromatic heterocycles. The molecule has 2 rings (SSSR count). The SMILES string of the molecule is CCC(C(=O)NC(CC(=O)O)C(=O)CF)n1cccc(NC(=O)c2ccccn2)c1=O. The molecule has 0 spiro atoms. The summed E-state index contributed by atoms with van der Waals surface area (Å²) in [7, 11) is 0. The number of nitrogens with zero attached hydrogens (tertiary/aromatic N) is 2. The first-order valence-electron chi connectivity index (χ1n) is 9.32. The van der Waals surface area contributed by atoms with Gasteiger partial charge in [-0.2, -0.15) is 0 Å². The molecule has 0 aromatic carbocycles. The van der Waals surface area contributed by atoms with Crippen molar-refractivity contribution in [2.45, 2.75) is 31.8 Å². The minimum atomic E-state index is -1.56. The van der Waals surface area contributed by atoms with Gasteiger partial charge in [-0.3, -0.25) is 29.0 Å². The molecule has 0 bridgehead atoms. The van der Waals surface area contributed by atoms with E-state index in [1.54, 1.807) is 19.1 Å². The van der Waals surface area contributed by atoms with Crippen LogP contribution in [0.3, 0.4) is 0 Å². The van der Waals surface area contributed by atoms with Gasteiger partial charge in [-0.15, -0.1) is 0 Å². The number of pyridine rings is 2. The highest BCUT2D eigenvalue weighted by Crippen LogP contribution is 2.13. The minimum absolute atomic E-state index is 0.0864. The van der Waals surface area contributed by atoms with Crippen LogP contribution in [-0.2, 0) is 14.4 Å². The van der Waals surface area contributed by atoms with E-state index < -0.39 is 54.3 Å². The number of anilines is 1. The Morgan fingerprint density at radius 1 is 1.19 bits per heavy atom. The zero-order valence-electron chi connectivity index (χ0n) is 16.6. The first-order valence-corrected chi connectivity index (χ1v) is 9.32. The van der Waals surface area contributed by atoms with Crippen LogP contribution in [0.2, 0.25) is 0 Å². The molecule has 0 aliphatic rings. The zero-order chi connectivity index (χ0) is 23.0. The molecule has 2 unspecified atom stereocenters. The fourth-order valence-corrected chi connectivity index (χ4v) is 2.82. The van der Waals surface area contributed by atoms with Crippen LogP contribution in [0.25, 0.3) is 0 Å². The molecule has 0 aliphatic heterocycles. The van der Waals surface area contributed by atoms with Gasteiger partial charge in [-0.1, -0.05) is 13.0 Å². The summed E-state index contributed by atoms with van der Waals surface area (Å²) in [6.07, 6.45) is 2.05. The molecule has 2 atom stereocenters. The number of halogens is 1. The van der Waals surface area contributed by atoms with Crippen LogP contribution >= 0.6 is 0 Å². The predicted molar refractivity (Wildman–Crippen MR) is 107 cm³/mol. The van der Waals surface area contributed by atoms with Crippen molar-refractivity contribution in [1.29, 1.82) is 0 Å². The lowest BCUT2D eigenvalue weighted by Crippen LogP contribution is -2.47. The van der Waals surface area contributed by atoms with Gasteiger partial charge in [-0.05, 0) is 30.7 Å². The second-order valence-electron chi connectivity index (χ2n) is 6.49. The topological polar surface area (TPSA) is 147 Å². The van der Waals surface area contributed by atoms with Crippen molar-refractivity contribution in [3.63, 3.8) is 0 Å². The van der Waals surface area contributed by atoms with Crippen LogP contribution in [0.1, 0.15) is 36.3 Å². The first kappa shape index (κ1) is 23.4. The fraction of sp³-hybridized carbons (Fsp3) is 0.300. The highest BCUT2D eigenvalue weighted by molar-refractivity contribution is 6.02. The van der Waals surface area contributed by atoms with E-state index in [4.69, 9.17) is 5.11 Å². The maximum Gasteiger partial charge on any atom is 0.305 e. The summed E-state index contributed by atoms with van der Waals surface area (Å²) in [4.78, 5) is 64.2. The number of nitrogens with one attached hydrogen (secondary N) is 2. The number of aliphatic carboxylic acids is 1. The first-order chi connectivity index (χ1) is 14.8. The Labute approximate surface area is 176 Å². The van der Waals surface area contributed by atoms with Crippen molar-refractivity contribution in [3.05, 3.63) is 58.8 Å². The van der Waals surface area contributed by atoms with Crippen molar-refractivity contribution in [1.82, 2.24) is 14.9 Å². The van der Waals surface area contributed by atoms with Gasteiger partial charge >= 0.3 is 5.97 Å². The van der Waals surface area contributed by atoms with Crippen molar-refractivity contribution in [2.75, 3.05) is 12.0 Å². The number of carboxylic acids is 1. The number of rotatable bonds is 10. The van der Waals surface area contributed by atoms with Crippen molar-refractivity contribution in [2.24, 2.45) is 0 Å². The molecule has 0 saturated heterocycles. The van der Waals surface area contributed by atoms with E-state index in [9.17, 15) is 28.4 Å². The third kappa shape index (κ3) is 6.04. The third-order valence-corrected chi connectivity index (χ3v) is 4.36. The van der Waals surface area contributed by atoms with E-state index in [1.165, 1.54) is 30.6 Å². The highest BCUT2D eigenvalue weighted by atomic mass is 19.1. The van der Waals surface area contributed by atoms with E-state index in [0.29, 0.717) is 0 Å². The highest BCUT2D eigenvalue weighted by Gasteiger charge is 2.28. The molecule has 2 heterocycles. The average Bonchev–Trinajstić information content (AvgIpc) is 2.75. The van der Waals surface area contributed by atoms with Gasteiger partial charge in [0, 0.05) is 12.4 Å². The Hall–Kier alpha value is -3.89. The standard InChI is InChI=1S/C20H21FN4O6/c1-2-15(19(30)24-14(10-17(27)28)16(26)11-21)25-9-5-7-13(20(25)31)23-18(29)12-6-3-4-8-22-12/h3-9,14-15H,2,10-11H2,1H3,(H,23,29)(H,24,30)(H,27,28). The lowest BCUT2D eigenvalue weighted by molar-refractivity contribution is -0.140. The van der Waals surface area contributed by atoms with E-state index in [0.717, 1.165) is 4.57 Å². The van der Waals surface area contributed by atoms with Crippen molar-refractivity contribution < 1.29 is 28.7 Å². The van der Waals surface area contributed by atoms with Crippen LogP contribution in [0.4, 0.5) is 10.1 Å². The molecule has 31 heavy (non-hydrogen) atoms. The minimum Gasteiger partial charge on any atom is -0.481 e. The Balaban J connectivity index is 2.26. The van der Waals surface area contributed by atoms with Gasteiger partial charge < -0.3 is 20.3 Å². The summed E-state index contributed by atoms with van der Waals surface area (Å²) in [6.45, 7) is 0.156. The number of carboxylic acid groups (broad SMARTS) is 1. The molecule has 164 valence electrons. The summed E-state index contributed by atoms with van der Waals surface area (Å²) in [6, 6.07) is 4.80. The van der Waals surface area contributed by atoms with Gasteiger partial charge in [0.25, 0.3) is 11.5 Å². The Bertz CT molecular complexity index is 1020. The largest absolute Gasteiger partial charge is 0.481 e. The van der Waals surface area contributed by atoms with Crippen molar-refractivity contribution in [3.8, 4) is 0 Å². The number of carbonyl (C=O) groups excluding carboxylic acids is 3. The molecule has 2 aromatic rings. The fourth-order valence-electron chi connectivity index (χ4n) is 2.82. The average molecular weight is 432 g/mol.